The SMILES string of the molecule is CCN1CCc2cc(OC)c(OC)cc2[C@@H]1[C@H](NC(=O)c1ccccc1)C(C)C. The van der Waals surface area contributed by atoms with E-state index in [-0.39, 0.29) is 23.9 Å². The van der Waals surface area contributed by atoms with E-state index in [0.717, 1.165) is 31.0 Å². The van der Waals surface area contributed by atoms with Crippen molar-refractivity contribution < 1.29 is 14.3 Å². The molecule has 1 aliphatic heterocycles. The van der Waals surface area contributed by atoms with E-state index < -0.39 is 0 Å². The van der Waals surface area contributed by atoms with Crippen LogP contribution in [0.1, 0.15) is 48.3 Å². The molecular formula is C24H32N2O3. The molecule has 2 atom stereocenters. The number of fused-ring (bicyclic) bond motifs is 1. The summed E-state index contributed by atoms with van der Waals surface area (Å²) < 4.78 is 11.1. The van der Waals surface area contributed by atoms with Gasteiger partial charge in [-0.25, -0.2) is 0 Å². The van der Waals surface area contributed by atoms with Crippen LogP contribution in [0.2, 0.25) is 0 Å². The van der Waals surface area contributed by atoms with Gasteiger partial charge in [0.05, 0.1) is 26.3 Å². The summed E-state index contributed by atoms with van der Waals surface area (Å²) >= 11 is 0. The minimum atomic E-state index is -0.0343. The van der Waals surface area contributed by atoms with Gasteiger partial charge in [0.15, 0.2) is 11.5 Å². The first kappa shape index (κ1) is 21.2. The van der Waals surface area contributed by atoms with Gasteiger partial charge in [-0.05, 0) is 54.3 Å². The molecule has 0 unspecified atom stereocenters. The van der Waals surface area contributed by atoms with Gasteiger partial charge >= 0.3 is 0 Å². The molecule has 29 heavy (non-hydrogen) atoms. The molecule has 3 rings (SSSR count). The van der Waals surface area contributed by atoms with Gasteiger partial charge in [-0.15, -0.1) is 0 Å². The van der Waals surface area contributed by atoms with Gasteiger partial charge in [0.2, 0.25) is 0 Å². The highest BCUT2D eigenvalue weighted by Gasteiger charge is 2.36. The normalized spacial score (nSPS) is 17.5. The molecule has 0 aliphatic carbocycles. The van der Waals surface area contributed by atoms with Crippen molar-refractivity contribution in [3.05, 3.63) is 59.2 Å². The van der Waals surface area contributed by atoms with Crippen LogP contribution >= 0.6 is 0 Å². The standard InChI is InChI=1S/C24H32N2O3/c1-6-26-13-12-18-14-20(28-4)21(29-5)15-19(18)23(26)22(16(2)3)25-24(27)17-10-8-7-9-11-17/h7-11,14-16,22-23H,6,12-13H2,1-5H3,(H,25,27)/t22-,23-/m1/s1. The Kier molecular flexibility index (Phi) is 6.80. The lowest BCUT2D eigenvalue weighted by Crippen LogP contribution is -2.51. The summed E-state index contributed by atoms with van der Waals surface area (Å²) in [6.45, 7) is 8.38. The molecule has 0 aromatic heterocycles. The van der Waals surface area contributed by atoms with E-state index in [2.05, 4.69) is 43.1 Å². The molecule has 2 aromatic rings. The molecule has 1 N–H and O–H groups in total. The van der Waals surface area contributed by atoms with E-state index in [1.165, 1.54) is 11.1 Å². The summed E-state index contributed by atoms with van der Waals surface area (Å²) in [5.41, 5.74) is 3.16. The lowest BCUT2D eigenvalue weighted by molar-refractivity contribution is 0.0834. The first-order valence-corrected chi connectivity index (χ1v) is 10.3. The first-order valence-electron chi connectivity index (χ1n) is 10.3. The summed E-state index contributed by atoms with van der Waals surface area (Å²) in [6, 6.07) is 13.6. The second-order valence-electron chi connectivity index (χ2n) is 7.84. The smallest absolute Gasteiger partial charge is 0.251 e. The summed E-state index contributed by atoms with van der Waals surface area (Å²) in [4.78, 5) is 15.4. The number of nitrogens with one attached hydrogen (secondary N) is 1. The number of methoxy groups -OCH3 is 2. The van der Waals surface area contributed by atoms with Crippen LogP contribution in [0.5, 0.6) is 11.5 Å². The minimum absolute atomic E-state index is 0.0280. The Morgan fingerprint density at radius 3 is 2.38 bits per heavy atom. The average Bonchev–Trinajstić information content (AvgIpc) is 2.75. The van der Waals surface area contributed by atoms with Gasteiger partial charge in [-0.3, -0.25) is 9.69 Å². The predicted octanol–water partition coefficient (Wildman–Crippen LogP) is 4.08. The number of likely N-dealkylation sites (N-methyl/N-ethyl adjacent to an activating group) is 1. The fourth-order valence-electron chi connectivity index (χ4n) is 4.24. The van der Waals surface area contributed by atoms with Crippen molar-refractivity contribution in [1.29, 1.82) is 0 Å². The van der Waals surface area contributed by atoms with E-state index >= 15 is 0 Å². The Balaban J connectivity index is 2.01. The van der Waals surface area contributed by atoms with Crippen LogP contribution in [-0.4, -0.2) is 44.2 Å². The Labute approximate surface area is 174 Å². The lowest BCUT2D eigenvalue weighted by Gasteiger charge is -2.43. The highest BCUT2D eigenvalue weighted by atomic mass is 16.5. The molecule has 1 aliphatic rings. The van der Waals surface area contributed by atoms with Crippen molar-refractivity contribution in [2.75, 3.05) is 27.3 Å². The van der Waals surface area contributed by atoms with Gasteiger partial charge in [-0.1, -0.05) is 39.0 Å². The number of hydrogen-bond donors (Lipinski definition) is 1. The fraction of sp³-hybridized carbons (Fsp3) is 0.458. The van der Waals surface area contributed by atoms with Crippen LogP contribution in [0.15, 0.2) is 42.5 Å². The molecule has 0 saturated heterocycles. The Morgan fingerprint density at radius 1 is 1.14 bits per heavy atom. The van der Waals surface area contributed by atoms with Crippen LogP contribution in [0, 0.1) is 5.92 Å². The summed E-state index contributed by atoms with van der Waals surface area (Å²) in [5, 5.41) is 3.32. The number of rotatable bonds is 7. The zero-order valence-corrected chi connectivity index (χ0v) is 18.1. The molecule has 0 radical (unpaired) electrons. The van der Waals surface area contributed by atoms with Crippen molar-refractivity contribution in [3.8, 4) is 11.5 Å². The molecule has 0 bridgehead atoms. The largest absolute Gasteiger partial charge is 0.493 e. The topological polar surface area (TPSA) is 50.8 Å². The predicted molar refractivity (Wildman–Crippen MR) is 116 cm³/mol. The summed E-state index contributed by atoms with van der Waals surface area (Å²) in [7, 11) is 3.33. The van der Waals surface area contributed by atoms with Gasteiger partial charge in [0, 0.05) is 12.1 Å². The molecule has 5 heteroatoms. The zero-order chi connectivity index (χ0) is 21.0. The Hall–Kier alpha value is -2.53. The van der Waals surface area contributed by atoms with Crippen LogP contribution in [0.3, 0.4) is 0 Å². The zero-order valence-electron chi connectivity index (χ0n) is 18.1. The van der Waals surface area contributed by atoms with Crippen LogP contribution in [-0.2, 0) is 6.42 Å². The van der Waals surface area contributed by atoms with Crippen molar-refractivity contribution in [3.63, 3.8) is 0 Å². The third kappa shape index (κ3) is 4.40. The second kappa shape index (κ2) is 9.31. The van der Waals surface area contributed by atoms with E-state index in [1.807, 2.05) is 30.3 Å². The maximum absolute atomic E-state index is 13.0. The van der Waals surface area contributed by atoms with Crippen LogP contribution < -0.4 is 14.8 Å². The number of benzene rings is 2. The highest BCUT2D eigenvalue weighted by Crippen LogP contribution is 2.40. The van der Waals surface area contributed by atoms with Crippen molar-refractivity contribution in [2.45, 2.75) is 39.3 Å². The van der Waals surface area contributed by atoms with E-state index in [9.17, 15) is 4.79 Å². The molecule has 2 aromatic carbocycles. The maximum atomic E-state index is 13.0. The Bertz CT molecular complexity index is 836. The quantitative estimate of drug-likeness (QED) is 0.766. The van der Waals surface area contributed by atoms with E-state index in [1.54, 1.807) is 14.2 Å². The molecule has 0 fully saturated rings. The molecule has 0 saturated carbocycles. The summed E-state index contributed by atoms with van der Waals surface area (Å²) in [6.07, 6.45) is 0.956. The Morgan fingerprint density at radius 2 is 1.79 bits per heavy atom. The minimum Gasteiger partial charge on any atom is -0.493 e. The molecule has 0 spiro atoms. The van der Waals surface area contributed by atoms with E-state index in [0.29, 0.717) is 5.56 Å². The monoisotopic (exact) mass is 396 g/mol. The third-order valence-corrected chi connectivity index (χ3v) is 5.82. The number of carbonyl (C=O) groups excluding carboxylic acids is 1. The number of hydrogen-bond acceptors (Lipinski definition) is 4. The third-order valence-electron chi connectivity index (χ3n) is 5.82. The number of nitrogens with zero attached hydrogens (tertiary/aromatic N) is 1. The molecular weight excluding hydrogens is 364 g/mol. The van der Waals surface area contributed by atoms with Crippen LogP contribution in [0.4, 0.5) is 0 Å². The number of amides is 1. The van der Waals surface area contributed by atoms with Crippen molar-refractivity contribution in [1.82, 2.24) is 10.2 Å². The molecule has 1 heterocycles. The van der Waals surface area contributed by atoms with Crippen molar-refractivity contribution in [2.24, 2.45) is 5.92 Å². The summed E-state index contributed by atoms with van der Waals surface area (Å²) in [5.74, 6) is 1.71. The number of ether oxygens (including phenoxy) is 2. The molecule has 5 nitrogen and oxygen atoms in total. The molecule has 156 valence electrons. The second-order valence-corrected chi connectivity index (χ2v) is 7.84. The first-order chi connectivity index (χ1) is 14.0. The fourth-order valence-corrected chi connectivity index (χ4v) is 4.24. The lowest BCUT2D eigenvalue weighted by atomic mass is 9.83. The van der Waals surface area contributed by atoms with Crippen LogP contribution in [0.25, 0.3) is 0 Å². The average molecular weight is 397 g/mol. The maximum Gasteiger partial charge on any atom is 0.251 e. The van der Waals surface area contributed by atoms with E-state index in [4.69, 9.17) is 9.47 Å². The van der Waals surface area contributed by atoms with Gasteiger partial charge in [0.1, 0.15) is 0 Å². The van der Waals surface area contributed by atoms with Gasteiger partial charge < -0.3 is 14.8 Å². The highest BCUT2D eigenvalue weighted by molar-refractivity contribution is 5.94. The van der Waals surface area contributed by atoms with Gasteiger partial charge in [-0.2, -0.15) is 0 Å². The molecule has 1 amide bonds. The van der Waals surface area contributed by atoms with Gasteiger partial charge in [0.25, 0.3) is 5.91 Å². The van der Waals surface area contributed by atoms with Crippen molar-refractivity contribution >= 4 is 5.91 Å². The number of carbonyl (C=O) groups is 1.